The van der Waals surface area contributed by atoms with Gasteiger partial charge in [-0.2, -0.15) is 4.31 Å². The maximum absolute atomic E-state index is 13.2. The zero-order valence-electron chi connectivity index (χ0n) is 16.8. The van der Waals surface area contributed by atoms with Gasteiger partial charge >= 0.3 is 0 Å². The Morgan fingerprint density at radius 3 is 2.69 bits per heavy atom. The van der Waals surface area contributed by atoms with Crippen LogP contribution in [0.2, 0.25) is 0 Å². The van der Waals surface area contributed by atoms with Gasteiger partial charge in [0.2, 0.25) is 10.0 Å². The Morgan fingerprint density at radius 1 is 1.17 bits per heavy atom. The third-order valence-electron chi connectivity index (χ3n) is 5.60. The number of amides is 1. The minimum Gasteiger partial charge on any atom is -0.376 e. The molecule has 0 saturated carbocycles. The number of benzene rings is 1. The third kappa shape index (κ3) is 3.74. The Morgan fingerprint density at radius 2 is 1.97 bits per heavy atom. The average molecular weight is 435 g/mol. The van der Waals surface area contributed by atoms with Crippen LogP contribution in [0.25, 0.3) is 0 Å². The van der Waals surface area contributed by atoms with E-state index in [9.17, 15) is 13.2 Å². The fourth-order valence-electron chi connectivity index (χ4n) is 4.04. The Balaban J connectivity index is 1.65. The maximum Gasteiger partial charge on any atom is 0.268 e. The maximum atomic E-state index is 13.2. The summed E-state index contributed by atoms with van der Waals surface area (Å²) in [5, 5.41) is 0. The number of thiophene rings is 1. The van der Waals surface area contributed by atoms with Gasteiger partial charge < -0.3 is 9.64 Å². The van der Waals surface area contributed by atoms with Crippen LogP contribution in [0.15, 0.2) is 29.2 Å². The standard InChI is InChI=1S/C21H26N2O4S2/c1-3-22(4-2)29(25,26)17-7-8-18-15(12-17)6-5-10-23(18)21(24)20-13-16-14-27-11-9-19(16)28-20/h7-8,12-13H,3-6,9-11,14H2,1-2H3. The second-order valence-corrected chi connectivity index (χ2v) is 10.4. The summed E-state index contributed by atoms with van der Waals surface area (Å²) in [4.78, 5) is 17.3. The summed E-state index contributed by atoms with van der Waals surface area (Å²) < 4.78 is 32.7. The smallest absolute Gasteiger partial charge is 0.268 e. The Hall–Kier alpha value is -1.74. The minimum atomic E-state index is -3.51. The Bertz CT molecular complexity index is 1000. The van der Waals surface area contributed by atoms with Crippen molar-refractivity contribution in [2.24, 2.45) is 0 Å². The van der Waals surface area contributed by atoms with Gasteiger partial charge in [0.05, 0.1) is 23.0 Å². The predicted molar refractivity (Wildman–Crippen MR) is 114 cm³/mol. The zero-order valence-corrected chi connectivity index (χ0v) is 18.4. The molecule has 1 amide bonds. The van der Waals surface area contributed by atoms with Crippen LogP contribution in [0, 0.1) is 0 Å². The second kappa shape index (κ2) is 8.18. The summed E-state index contributed by atoms with van der Waals surface area (Å²) in [6.07, 6.45) is 2.45. The van der Waals surface area contributed by atoms with Crippen molar-refractivity contribution in [3.05, 3.63) is 45.1 Å². The largest absolute Gasteiger partial charge is 0.376 e. The molecule has 0 N–H and O–H groups in total. The molecule has 0 saturated heterocycles. The van der Waals surface area contributed by atoms with E-state index in [1.54, 1.807) is 34.4 Å². The van der Waals surface area contributed by atoms with E-state index < -0.39 is 10.0 Å². The first-order valence-electron chi connectivity index (χ1n) is 10.1. The van der Waals surface area contributed by atoms with Crippen molar-refractivity contribution < 1.29 is 17.9 Å². The van der Waals surface area contributed by atoms with Crippen molar-refractivity contribution in [1.29, 1.82) is 0 Å². The normalized spacial score (nSPS) is 16.6. The van der Waals surface area contributed by atoms with Gasteiger partial charge in [0.1, 0.15) is 0 Å². The molecule has 3 heterocycles. The van der Waals surface area contributed by atoms with Gasteiger partial charge in [-0.25, -0.2) is 8.42 Å². The molecule has 0 atom stereocenters. The highest BCUT2D eigenvalue weighted by molar-refractivity contribution is 7.89. The van der Waals surface area contributed by atoms with Gasteiger partial charge in [-0.3, -0.25) is 4.79 Å². The summed E-state index contributed by atoms with van der Waals surface area (Å²) in [7, 11) is -3.51. The molecule has 2 aromatic rings. The van der Waals surface area contributed by atoms with Crippen molar-refractivity contribution >= 4 is 33.0 Å². The van der Waals surface area contributed by atoms with Crippen LogP contribution in [0.4, 0.5) is 5.69 Å². The molecule has 156 valence electrons. The number of ether oxygens (including phenoxy) is 1. The van der Waals surface area contributed by atoms with Gasteiger partial charge in [-0.1, -0.05) is 13.8 Å². The number of hydrogen-bond acceptors (Lipinski definition) is 5. The quantitative estimate of drug-likeness (QED) is 0.723. The van der Waals surface area contributed by atoms with E-state index in [1.165, 1.54) is 9.18 Å². The van der Waals surface area contributed by atoms with Gasteiger partial charge in [0.25, 0.3) is 5.91 Å². The molecule has 0 aliphatic carbocycles. The monoisotopic (exact) mass is 434 g/mol. The van der Waals surface area contributed by atoms with E-state index in [0.717, 1.165) is 41.0 Å². The highest BCUT2D eigenvalue weighted by atomic mass is 32.2. The Labute approximate surface area is 176 Å². The summed E-state index contributed by atoms with van der Waals surface area (Å²) in [6, 6.07) is 7.12. The molecule has 1 aromatic carbocycles. The molecule has 0 radical (unpaired) electrons. The number of aryl methyl sites for hydroxylation is 1. The number of rotatable bonds is 5. The highest BCUT2D eigenvalue weighted by Gasteiger charge is 2.29. The SMILES string of the molecule is CCN(CC)S(=O)(=O)c1ccc2c(c1)CCCN2C(=O)c1cc2c(s1)CCOC2. The van der Waals surface area contributed by atoms with E-state index in [-0.39, 0.29) is 5.91 Å². The molecule has 29 heavy (non-hydrogen) atoms. The van der Waals surface area contributed by atoms with Crippen molar-refractivity contribution in [1.82, 2.24) is 4.31 Å². The first kappa shape index (κ1) is 20.5. The number of sulfonamides is 1. The van der Waals surface area contributed by atoms with Crippen molar-refractivity contribution in [2.75, 3.05) is 31.1 Å². The molecule has 0 spiro atoms. The lowest BCUT2D eigenvalue weighted by molar-refractivity contribution is 0.0988. The molecule has 0 bridgehead atoms. The predicted octanol–water partition coefficient (Wildman–Crippen LogP) is 3.44. The van der Waals surface area contributed by atoms with Crippen LogP contribution >= 0.6 is 11.3 Å². The number of hydrogen-bond donors (Lipinski definition) is 0. The van der Waals surface area contributed by atoms with Crippen LogP contribution in [0.5, 0.6) is 0 Å². The van der Waals surface area contributed by atoms with E-state index in [0.29, 0.717) is 37.7 Å². The fraction of sp³-hybridized carbons (Fsp3) is 0.476. The summed E-state index contributed by atoms with van der Waals surface area (Å²) >= 11 is 1.56. The lowest BCUT2D eigenvalue weighted by Gasteiger charge is -2.30. The van der Waals surface area contributed by atoms with Crippen molar-refractivity contribution in [3.8, 4) is 0 Å². The van der Waals surface area contributed by atoms with Gasteiger partial charge in [0, 0.05) is 36.6 Å². The number of carbonyl (C=O) groups is 1. The van der Waals surface area contributed by atoms with Crippen LogP contribution in [-0.2, 0) is 34.2 Å². The molecule has 8 heteroatoms. The molecular weight excluding hydrogens is 408 g/mol. The Kier molecular flexibility index (Phi) is 5.79. The van der Waals surface area contributed by atoms with Gasteiger partial charge in [0.15, 0.2) is 0 Å². The highest BCUT2D eigenvalue weighted by Crippen LogP contribution is 2.34. The number of carbonyl (C=O) groups excluding carboxylic acids is 1. The lowest BCUT2D eigenvalue weighted by Crippen LogP contribution is -2.35. The molecule has 0 unspecified atom stereocenters. The summed E-state index contributed by atoms with van der Waals surface area (Å²) in [5.41, 5.74) is 2.85. The van der Waals surface area contributed by atoms with Crippen LogP contribution in [-0.4, -0.2) is 44.9 Å². The average Bonchev–Trinajstić information content (AvgIpc) is 3.17. The number of nitrogens with zero attached hydrogens (tertiary/aromatic N) is 2. The van der Waals surface area contributed by atoms with Crippen molar-refractivity contribution in [3.63, 3.8) is 0 Å². The van der Waals surface area contributed by atoms with E-state index in [1.807, 2.05) is 19.9 Å². The third-order valence-corrected chi connectivity index (χ3v) is 8.87. The molecule has 6 nitrogen and oxygen atoms in total. The molecular formula is C21H26N2O4S2. The number of anilines is 1. The molecule has 0 fully saturated rings. The van der Waals surface area contributed by atoms with E-state index in [4.69, 9.17) is 4.74 Å². The van der Waals surface area contributed by atoms with Crippen LogP contribution in [0.1, 0.15) is 45.9 Å². The van der Waals surface area contributed by atoms with Crippen molar-refractivity contribution in [2.45, 2.75) is 44.6 Å². The first-order valence-corrected chi connectivity index (χ1v) is 12.4. The minimum absolute atomic E-state index is 0.00954. The fourth-order valence-corrected chi connectivity index (χ4v) is 6.65. The topological polar surface area (TPSA) is 66.9 Å². The van der Waals surface area contributed by atoms with Crippen LogP contribution < -0.4 is 4.90 Å². The molecule has 2 aliphatic heterocycles. The molecule has 2 aliphatic rings. The lowest BCUT2D eigenvalue weighted by atomic mass is 10.0. The van der Waals surface area contributed by atoms with Gasteiger partial charge in [-0.05, 0) is 48.2 Å². The first-order chi connectivity index (χ1) is 14.0. The van der Waals surface area contributed by atoms with Crippen LogP contribution in [0.3, 0.4) is 0 Å². The molecule has 1 aromatic heterocycles. The van der Waals surface area contributed by atoms with E-state index >= 15 is 0 Å². The molecule has 4 rings (SSSR count). The number of fused-ring (bicyclic) bond motifs is 2. The van der Waals surface area contributed by atoms with Gasteiger partial charge in [-0.15, -0.1) is 11.3 Å². The zero-order chi connectivity index (χ0) is 20.6. The van der Waals surface area contributed by atoms with E-state index in [2.05, 4.69) is 0 Å². The summed E-state index contributed by atoms with van der Waals surface area (Å²) in [5.74, 6) is -0.00954. The second-order valence-electron chi connectivity index (χ2n) is 7.30. The summed E-state index contributed by atoms with van der Waals surface area (Å²) in [6.45, 7) is 6.48.